The third-order valence-electron chi connectivity index (χ3n) is 4.55. The highest BCUT2D eigenvalue weighted by atomic mass is 32.1. The van der Waals surface area contributed by atoms with Crippen molar-refractivity contribution in [3.8, 4) is 5.75 Å². The van der Waals surface area contributed by atoms with Crippen molar-refractivity contribution >= 4 is 50.8 Å². The Hall–Kier alpha value is -2.92. The number of aromatic nitrogens is 2. The molecule has 2 N–H and O–H groups in total. The number of anilines is 1. The van der Waals surface area contributed by atoms with Gasteiger partial charge in [0.15, 0.2) is 5.75 Å². The van der Waals surface area contributed by atoms with E-state index < -0.39 is 23.4 Å². The Balaban J connectivity index is 1.92. The maximum absolute atomic E-state index is 13.2. The summed E-state index contributed by atoms with van der Waals surface area (Å²) in [6.45, 7) is 12.9. The first-order chi connectivity index (χ1) is 16.2. The van der Waals surface area contributed by atoms with E-state index >= 15 is 0 Å². The minimum absolute atomic E-state index is 0.0162. The molecule has 190 valence electrons. The molecule has 0 saturated heterocycles. The van der Waals surface area contributed by atoms with Gasteiger partial charge >= 0.3 is 12.2 Å². The zero-order valence-electron chi connectivity index (χ0n) is 21.0. The number of alkyl carbamates (subject to hydrolysis) is 1. The Morgan fingerprint density at radius 3 is 2.46 bits per heavy atom. The standard InChI is InChI=1S/C24H32N4O5S2/c1-14(26-21(30)32-23(2,3)4)11-17-19(29)18-20(35-17)16(12-25-27-18)28(13-15-9-8-10-34-15)22(31)33-24(5,6)7/h8-10,12,14,29H,11,13H2,1-7H3,(H,26,30). The molecule has 9 nitrogen and oxygen atoms in total. The molecular formula is C24H32N4O5S2. The summed E-state index contributed by atoms with van der Waals surface area (Å²) in [7, 11) is 0. The quantitative estimate of drug-likeness (QED) is 0.419. The Bertz CT molecular complexity index is 1180. The number of aromatic hydroxyl groups is 1. The number of rotatable bonds is 6. The second-order valence-corrected chi connectivity index (χ2v) is 12.3. The average molecular weight is 521 g/mol. The van der Waals surface area contributed by atoms with Crippen molar-refractivity contribution in [2.24, 2.45) is 0 Å². The van der Waals surface area contributed by atoms with Crippen LogP contribution < -0.4 is 10.2 Å². The molecule has 0 fully saturated rings. The average Bonchev–Trinajstić information content (AvgIpc) is 3.31. The summed E-state index contributed by atoms with van der Waals surface area (Å²) in [6, 6.07) is 3.55. The van der Waals surface area contributed by atoms with E-state index in [2.05, 4.69) is 15.5 Å². The number of carbonyl (C=O) groups is 2. The zero-order valence-corrected chi connectivity index (χ0v) is 22.7. The number of thiophene rings is 2. The van der Waals surface area contributed by atoms with E-state index in [-0.39, 0.29) is 18.3 Å². The number of ether oxygens (including phenoxy) is 2. The van der Waals surface area contributed by atoms with E-state index in [0.29, 0.717) is 27.2 Å². The lowest BCUT2D eigenvalue weighted by Crippen LogP contribution is -2.38. The van der Waals surface area contributed by atoms with Crippen molar-refractivity contribution in [1.29, 1.82) is 0 Å². The zero-order chi connectivity index (χ0) is 26.0. The number of carbonyl (C=O) groups excluding carboxylic acids is 2. The summed E-state index contributed by atoms with van der Waals surface area (Å²) in [5.41, 5.74) is -0.499. The first-order valence-electron chi connectivity index (χ1n) is 11.2. The summed E-state index contributed by atoms with van der Waals surface area (Å²) < 4.78 is 11.6. The van der Waals surface area contributed by atoms with Gasteiger partial charge in [-0.2, -0.15) is 5.10 Å². The van der Waals surface area contributed by atoms with Gasteiger partial charge < -0.3 is 19.9 Å². The second-order valence-electron chi connectivity index (χ2n) is 10.2. The Morgan fingerprint density at radius 2 is 1.86 bits per heavy atom. The first kappa shape index (κ1) is 26.7. The third-order valence-corrected chi connectivity index (χ3v) is 6.63. The maximum atomic E-state index is 13.2. The third kappa shape index (κ3) is 7.28. The van der Waals surface area contributed by atoms with Crippen molar-refractivity contribution in [3.05, 3.63) is 33.5 Å². The van der Waals surface area contributed by atoms with Crippen LogP contribution in [0.1, 0.15) is 58.2 Å². The van der Waals surface area contributed by atoms with Gasteiger partial charge in [0.1, 0.15) is 16.7 Å². The predicted octanol–water partition coefficient (Wildman–Crippen LogP) is 5.86. The molecule has 3 aromatic rings. The normalized spacial score (nSPS) is 12.9. The molecule has 1 unspecified atom stereocenters. The molecule has 0 aliphatic heterocycles. The molecule has 2 amide bonds. The Kier molecular flexibility index (Phi) is 7.90. The maximum Gasteiger partial charge on any atom is 0.415 e. The van der Waals surface area contributed by atoms with E-state index in [1.807, 2.05) is 45.2 Å². The van der Waals surface area contributed by atoms with Crippen LogP contribution >= 0.6 is 22.7 Å². The van der Waals surface area contributed by atoms with Crippen LogP contribution in [0.4, 0.5) is 15.3 Å². The van der Waals surface area contributed by atoms with E-state index in [9.17, 15) is 14.7 Å². The lowest BCUT2D eigenvalue weighted by Gasteiger charge is -2.27. The number of hydrogen-bond acceptors (Lipinski definition) is 9. The van der Waals surface area contributed by atoms with Gasteiger partial charge in [-0.25, -0.2) is 9.59 Å². The molecule has 3 rings (SSSR count). The summed E-state index contributed by atoms with van der Waals surface area (Å²) in [4.78, 5) is 28.4. The molecule has 0 aliphatic rings. The van der Waals surface area contributed by atoms with Crippen LogP contribution in [-0.2, 0) is 22.4 Å². The van der Waals surface area contributed by atoms with Crippen LogP contribution in [0.25, 0.3) is 10.2 Å². The SMILES string of the molecule is CC(Cc1sc2c(N(Cc3cccs3)C(=O)OC(C)(C)C)cnnc2c1O)NC(=O)OC(C)(C)C. The second kappa shape index (κ2) is 10.4. The van der Waals surface area contributed by atoms with Crippen LogP contribution in [0.5, 0.6) is 5.75 Å². The van der Waals surface area contributed by atoms with Gasteiger partial charge in [-0.15, -0.1) is 27.8 Å². The van der Waals surface area contributed by atoms with Crippen LogP contribution in [0.15, 0.2) is 23.7 Å². The number of fused-ring (bicyclic) bond motifs is 1. The van der Waals surface area contributed by atoms with Crippen LogP contribution in [-0.4, -0.2) is 44.7 Å². The Morgan fingerprint density at radius 1 is 1.17 bits per heavy atom. The highest BCUT2D eigenvalue weighted by Crippen LogP contribution is 2.41. The van der Waals surface area contributed by atoms with Gasteiger partial charge in [-0.1, -0.05) is 6.07 Å². The molecule has 3 aromatic heterocycles. The lowest BCUT2D eigenvalue weighted by molar-refractivity contribution is 0.0506. The summed E-state index contributed by atoms with van der Waals surface area (Å²) in [6.07, 6.45) is 0.804. The van der Waals surface area contributed by atoms with Gasteiger partial charge in [0.05, 0.1) is 28.0 Å². The molecule has 1 atom stereocenters. The van der Waals surface area contributed by atoms with Gasteiger partial charge in [0, 0.05) is 17.3 Å². The Labute approximate surface area is 213 Å². The van der Waals surface area contributed by atoms with Crippen molar-refractivity contribution in [3.63, 3.8) is 0 Å². The number of nitrogens with zero attached hydrogens (tertiary/aromatic N) is 3. The largest absolute Gasteiger partial charge is 0.504 e. The van der Waals surface area contributed by atoms with Crippen molar-refractivity contribution in [2.75, 3.05) is 4.90 Å². The number of amides is 2. The van der Waals surface area contributed by atoms with Crippen LogP contribution in [0, 0.1) is 0 Å². The highest BCUT2D eigenvalue weighted by Gasteiger charge is 2.28. The molecule has 0 radical (unpaired) electrons. The monoisotopic (exact) mass is 520 g/mol. The van der Waals surface area contributed by atoms with Crippen LogP contribution in [0.3, 0.4) is 0 Å². The molecule has 35 heavy (non-hydrogen) atoms. The van der Waals surface area contributed by atoms with E-state index in [4.69, 9.17) is 9.47 Å². The summed E-state index contributed by atoms with van der Waals surface area (Å²) in [5, 5.41) is 23.8. The molecule has 0 bridgehead atoms. The van der Waals surface area contributed by atoms with Gasteiger partial charge in [0.25, 0.3) is 0 Å². The molecular weight excluding hydrogens is 488 g/mol. The molecule has 0 aliphatic carbocycles. The van der Waals surface area contributed by atoms with Crippen molar-refractivity contribution in [2.45, 2.75) is 78.7 Å². The lowest BCUT2D eigenvalue weighted by atomic mass is 10.2. The highest BCUT2D eigenvalue weighted by molar-refractivity contribution is 7.20. The van der Waals surface area contributed by atoms with Gasteiger partial charge in [-0.3, -0.25) is 4.90 Å². The first-order valence-corrected chi connectivity index (χ1v) is 12.9. The van der Waals surface area contributed by atoms with Gasteiger partial charge in [0.2, 0.25) is 0 Å². The predicted molar refractivity (Wildman–Crippen MR) is 138 cm³/mol. The molecule has 11 heteroatoms. The summed E-state index contributed by atoms with van der Waals surface area (Å²) in [5.74, 6) is -0.0162. The minimum atomic E-state index is -0.685. The number of nitrogens with one attached hydrogen (secondary N) is 1. The smallest absolute Gasteiger partial charge is 0.415 e. The van der Waals surface area contributed by atoms with Gasteiger partial charge in [-0.05, 0) is 59.9 Å². The van der Waals surface area contributed by atoms with E-state index in [1.165, 1.54) is 33.8 Å². The fourth-order valence-corrected chi connectivity index (χ4v) is 5.19. The molecule has 0 saturated carbocycles. The number of hydrogen-bond donors (Lipinski definition) is 2. The molecule has 0 aromatic carbocycles. The van der Waals surface area contributed by atoms with Crippen LogP contribution in [0.2, 0.25) is 0 Å². The minimum Gasteiger partial charge on any atom is -0.504 e. The fraction of sp³-hybridized carbons (Fsp3) is 0.500. The molecule has 3 heterocycles. The van der Waals surface area contributed by atoms with E-state index in [0.717, 1.165) is 4.88 Å². The summed E-state index contributed by atoms with van der Waals surface area (Å²) >= 11 is 2.83. The fourth-order valence-electron chi connectivity index (χ4n) is 3.22. The van der Waals surface area contributed by atoms with E-state index in [1.54, 1.807) is 20.8 Å². The molecule has 0 spiro atoms. The van der Waals surface area contributed by atoms with Crippen molar-refractivity contribution in [1.82, 2.24) is 15.5 Å². The topological polar surface area (TPSA) is 114 Å². The van der Waals surface area contributed by atoms with Crippen molar-refractivity contribution < 1.29 is 24.2 Å².